The highest BCUT2D eigenvalue weighted by Gasteiger charge is 2.30. The van der Waals surface area contributed by atoms with Gasteiger partial charge in [-0.05, 0) is 88.4 Å². The number of alkyl halides is 1. The summed E-state index contributed by atoms with van der Waals surface area (Å²) in [5.41, 5.74) is 12.1. The Labute approximate surface area is 399 Å². The van der Waals surface area contributed by atoms with Crippen LogP contribution in [0.15, 0.2) is 48.8 Å². The molecule has 2 aliphatic heterocycles. The molecule has 0 aliphatic carbocycles. The van der Waals surface area contributed by atoms with Crippen LogP contribution < -0.4 is 36.9 Å². The number of halogens is 3. The first-order chi connectivity index (χ1) is 32.4. The Balaban J connectivity index is 0.000000256. The molecule has 2 aromatic carbocycles. The van der Waals surface area contributed by atoms with Gasteiger partial charge in [-0.2, -0.15) is 9.97 Å². The number of aromatic nitrogens is 4. The van der Waals surface area contributed by atoms with E-state index in [1.54, 1.807) is 0 Å². The zero-order valence-corrected chi connectivity index (χ0v) is 40.3. The number of nitrogen functional groups attached to an aromatic ring is 2. The van der Waals surface area contributed by atoms with Crippen LogP contribution in [-0.4, -0.2) is 151 Å². The summed E-state index contributed by atoms with van der Waals surface area (Å²) in [4.78, 5) is 42.3. The van der Waals surface area contributed by atoms with E-state index in [0.29, 0.717) is 77.1 Å². The number of nitrogens with one attached hydrogen (secondary N) is 3. The maximum Gasteiger partial charge on any atom is 0.224 e. The first-order valence-electron chi connectivity index (χ1n) is 21.8. The molecule has 6 rings (SSSR count). The van der Waals surface area contributed by atoms with Gasteiger partial charge in [0.15, 0.2) is 0 Å². The number of aliphatic hydroxyl groups excluding tert-OH is 1. The largest absolute Gasteiger partial charge is 0.496 e. The van der Waals surface area contributed by atoms with Gasteiger partial charge in [0.05, 0.1) is 54.6 Å². The summed E-state index contributed by atoms with van der Waals surface area (Å²) in [6.07, 6.45) is 5.71. The van der Waals surface area contributed by atoms with Crippen molar-refractivity contribution in [3.8, 4) is 11.5 Å². The van der Waals surface area contributed by atoms with Crippen LogP contribution in [0.4, 0.5) is 32.3 Å². The lowest BCUT2D eigenvalue weighted by Crippen LogP contribution is -2.43. The number of carbonyl (C=O) groups excluding carboxylic acids is 2. The molecule has 372 valence electrons. The number of ether oxygens (including phenoxy) is 2. The molecule has 25 heteroatoms. The van der Waals surface area contributed by atoms with Crippen LogP contribution in [0.25, 0.3) is 0 Å². The molecular weight excluding hydrogens is 952 g/mol. The van der Waals surface area contributed by atoms with Crippen LogP contribution in [0.1, 0.15) is 77.3 Å². The van der Waals surface area contributed by atoms with Crippen molar-refractivity contribution < 1.29 is 49.8 Å². The Kier molecular flexibility index (Phi) is 19.5. The van der Waals surface area contributed by atoms with E-state index in [1.807, 2.05) is 6.92 Å². The highest BCUT2D eigenvalue weighted by Crippen LogP contribution is 2.27. The Bertz CT molecular complexity index is 2590. The number of ketones is 2. The Morgan fingerprint density at radius 1 is 0.750 bits per heavy atom. The lowest BCUT2D eigenvalue weighted by Gasteiger charge is -2.31. The first-order valence-corrected chi connectivity index (χ1v) is 25.5. The second-order valence-corrected chi connectivity index (χ2v) is 20.6. The molecular formula is C43H58ClF2N11O9S2. The zero-order valence-electron chi connectivity index (χ0n) is 38.0. The molecule has 1 atom stereocenters. The van der Waals surface area contributed by atoms with E-state index in [9.17, 15) is 35.2 Å². The molecule has 2 aliphatic rings. The monoisotopic (exact) mass is 1010 g/mol. The number of sulfonamides is 2. The average molecular weight is 1010 g/mol. The van der Waals surface area contributed by atoms with Crippen LogP contribution in [0.2, 0.25) is 0 Å². The van der Waals surface area contributed by atoms with Gasteiger partial charge < -0.3 is 42.0 Å². The van der Waals surface area contributed by atoms with Crippen molar-refractivity contribution in [2.45, 2.75) is 63.6 Å². The molecule has 0 bridgehead atoms. The predicted molar refractivity (Wildman–Crippen MR) is 254 cm³/mol. The van der Waals surface area contributed by atoms with Crippen molar-refractivity contribution in [1.29, 1.82) is 0 Å². The number of aliphatic hydroxyl groups is 1. The zero-order chi connectivity index (χ0) is 49.6. The summed E-state index contributed by atoms with van der Waals surface area (Å²) in [5, 5.41) is 18.4. The third-order valence-electron chi connectivity index (χ3n) is 11.2. The number of carbonyl (C=O) groups is 2. The average Bonchev–Trinajstić information content (AvgIpc) is 3.32. The molecule has 4 aromatic rings. The number of nitrogens with two attached hydrogens (primary N) is 2. The fourth-order valence-electron chi connectivity index (χ4n) is 7.37. The van der Waals surface area contributed by atoms with Crippen molar-refractivity contribution in [2.75, 3.05) is 93.0 Å². The van der Waals surface area contributed by atoms with Crippen LogP contribution in [-0.2, 0) is 20.0 Å². The lowest BCUT2D eigenvalue weighted by atomic mass is 10.0. The van der Waals surface area contributed by atoms with E-state index in [4.69, 9.17) is 37.6 Å². The Morgan fingerprint density at radius 2 is 1.16 bits per heavy atom. The molecule has 0 unspecified atom stereocenters. The fraction of sp³-hybridized carbons (Fsp3) is 0.488. The molecule has 8 N–H and O–H groups in total. The maximum atomic E-state index is 13.7. The topological polar surface area (TPSA) is 287 Å². The minimum Gasteiger partial charge on any atom is -0.496 e. The van der Waals surface area contributed by atoms with Gasteiger partial charge in [-0.25, -0.2) is 44.2 Å². The van der Waals surface area contributed by atoms with E-state index in [2.05, 4.69) is 35.9 Å². The molecule has 2 saturated heterocycles. The molecule has 2 aromatic heterocycles. The quantitative estimate of drug-likeness (QED) is 0.0397. The van der Waals surface area contributed by atoms with Crippen molar-refractivity contribution in [3.63, 3.8) is 0 Å². The highest BCUT2D eigenvalue weighted by atomic mass is 35.5. The number of benzene rings is 2. The first kappa shape index (κ1) is 53.6. The minimum atomic E-state index is -3.36. The highest BCUT2D eigenvalue weighted by molar-refractivity contribution is 7.89. The molecule has 68 heavy (non-hydrogen) atoms. The smallest absolute Gasteiger partial charge is 0.224 e. The summed E-state index contributed by atoms with van der Waals surface area (Å²) in [5.74, 6) is -1.13. The summed E-state index contributed by atoms with van der Waals surface area (Å²) < 4.78 is 90.3. The molecule has 0 spiro atoms. The normalized spacial score (nSPS) is 15.8. The van der Waals surface area contributed by atoms with Gasteiger partial charge >= 0.3 is 0 Å². The Hall–Kier alpha value is -5.37. The predicted octanol–water partition coefficient (Wildman–Crippen LogP) is 3.28. The molecule has 0 radical (unpaired) electrons. The summed E-state index contributed by atoms with van der Waals surface area (Å²) >= 11 is 5.60. The molecule has 0 amide bonds. The second-order valence-electron chi connectivity index (χ2n) is 16.0. The second kappa shape index (κ2) is 24.8. The van der Waals surface area contributed by atoms with Crippen LogP contribution in [0, 0.1) is 11.6 Å². The van der Waals surface area contributed by atoms with Crippen LogP contribution >= 0.6 is 11.6 Å². The fourth-order valence-corrected chi connectivity index (χ4v) is 10.7. The minimum absolute atomic E-state index is 0.00339. The Morgan fingerprint density at radius 3 is 1.53 bits per heavy atom. The number of methoxy groups -OCH3 is 2. The van der Waals surface area contributed by atoms with E-state index in [1.165, 1.54) is 59.5 Å². The van der Waals surface area contributed by atoms with Gasteiger partial charge in [0.2, 0.25) is 43.5 Å². The summed E-state index contributed by atoms with van der Waals surface area (Å²) in [7, 11) is -3.91. The third kappa shape index (κ3) is 14.6. The van der Waals surface area contributed by atoms with Gasteiger partial charge in [-0.15, -0.1) is 11.6 Å². The van der Waals surface area contributed by atoms with E-state index < -0.39 is 43.2 Å². The SMILES string of the molecule is COc1ccc(F)cc1C(=O)c1cnc(NC2CCN(S(=O)(=O)CCCCl)CC2)nc1N.COc1ccc(F)cc1C(=O)c1cnc(NC2CCN(S(=O)(=O)CCCN[C@H](C)CO)CC2)nc1N. The van der Waals surface area contributed by atoms with E-state index in [0.717, 1.165) is 12.1 Å². The van der Waals surface area contributed by atoms with Crippen molar-refractivity contribution in [2.24, 2.45) is 0 Å². The van der Waals surface area contributed by atoms with Crippen molar-refractivity contribution in [3.05, 3.63) is 82.7 Å². The van der Waals surface area contributed by atoms with Crippen LogP contribution in [0.5, 0.6) is 11.5 Å². The number of hydrogen-bond acceptors (Lipinski definition) is 18. The van der Waals surface area contributed by atoms with Gasteiger partial charge in [-0.1, -0.05) is 0 Å². The van der Waals surface area contributed by atoms with Gasteiger partial charge in [0.25, 0.3) is 0 Å². The van der Waals surface area contributed by atoms with Gasteiger partial charge in [-0.3, -0.25) is 9.59 Å². The third-order valence-corrected chi connectivity index (χ3v) is 15.4. The van der Waals surface area contributed by atoms with Gasteiger partial charge in [0, 0.05) is 62.6 Å². The summed E-state index contributed by atoms with van der Waals surface area (Å²) in [6, 6.07) is 7.07. The van der Waals surface area contributed by atoms with Crippen molar-refractivity contribution in [1.82, 2.24) is 33.9 Å². The molecule has 4 heterocycles. The standard InChI is InChI=1S/C23H33FN6O5S.C20H25ClFN5O4S/c1-15(14-31)26-8-3-11-36(33,34)30-9-6-17(7-10-30)28-23-27-13-19(22(25)29-23)21(32)18-12-16(24)4-5-20(18)35-2;1-31-17-4-3-13(22)11-15(17)18(28)16-12-24-20(26-19(16)23)25-14-5-8-27(9-6-14)32(29,30)10-2-7-21/h4-5,12-13,15,17,26,31H,3,6-11,14H2,1-2H3,(H3,25,27,28,29);3-4,11-12,14H,2,5-10H2,1H3,(H3,23,24,25,26)/t15-;/m1./s1. The van der Waals surface area contributed by atoms with Crippen molar-refractivity contribution >= 4 is 66.7 Å². The molecule has 0 saturated carbocycles. The van der Waals surface area contributed by atoms with E-state index in [-0.39, 0.29) is 93.5 Å². The molecule has 2 fully saturated rings. The number of rotatable bonds is 21. The number of anilines is 4. The van der Waals surface area contributed by atoms with Gasteiger partial charge in [0.1, 0.15) is 34.8 Å². The number of hydrogen-bond donors (Lipinski definition) is 6. The summed E-state index contributed by atoms with van der Waals surface area (Å²) in [6.45, 7) is 3.85. The van der Waals surface area contributed by atoms with Crippen LogP contribution in [0.3, 0.4) is 0 Å². The number of nitrogens with zero attached hydrogens (tertiary/aromatic N) is 6. The maximum absolute atomic E-state index is 13.7. The van der Waals surface area contributed by atoms with E-state index >= 15 is 0 Å². The lowest BCUT2D eigenvalue weighted by molar-refractivity contribution is 0.102. The number of piperidine rings is 2. The molecule has 20 nitrogen and oxygen atoms in total.